The average Bonchev–Trinajstić information content (AvgIpc) is 2.44. The highest BCUT2D eigenvalue weighted by atomic mass is 16.5. The first-order valence-electron chi connectivity index (χ1n) is 5.92. The summed E-state index contributed by atoms with van der Waals surface area (Å²) in [5, 5.41) is 5.66. The highest BCUT2D eigenvalue weighted by Gasteiger charge is 2.12. The lowest BCUT2D eigenvalue weighted by atomic mass is 10.2. The standard InChI is InChI=1S/C14H18N2O3/c1-4-9-15-13(17)11-5-7-12(8-6-11)16-10(2)14(18)19-3/h4-8,10,16H,1,9H2,2-3H3,(H,15,17). The van der Waals surface area contributed by atoms with Gasteiger partial charge in [-0.05, 0) is 31.2 Å². The van der Waals surface area contributed by atoms with Gasteiger partial charge in [-0.25, -0.2) is 4.79 Å². The summed E-state index contributed by atoms with van der Waals surface area (Å²) in [4.78, 5) is 22.9. The fourth-order valence-electron chi connectivity index (χ4n) is 1.47. The first-order chi connectivity index (χ1) is 9.08. The van der Waals surface area contributed by atoms with Crippen molar-refractivity contribution in [2.45, 2.75) is 13.0 Å². The van der Waals surface area contributed by atoms with E-state index < -0.39 is 6.04 Å². The number of methoxy groups -OCH3 is 1. The lowest BCUT2D eigenvalue weighted by Crippen LogP contribution is -2.27. The van der Waals surface area contributed by atoms with Crippen LogP contribution in [0.4, 0.5) is 5.69 Å². The van der Waals surface area contributed by atoms with Gasteiger partial charge in [-0.3, -0.25) is 4.79 Å². The molecule has 0 aliphatic heterocycles. The van der Waals surface area contributed by atoms with Gasteiger partial charge in [0.1, 0.15) is 6.04 Å². The molecule has 5 heteroatoms. The predicted molar refractivity (Wildman–Crippen MR) is 74.1 cm³/mol. The zero-order chi connectivity index (χ0) is 14.3. The minimum Gasteiger partial charge on any atom is -0.467 e. The first kappa shape index (κ1) is 14.8. The fourth-order valence-corrected chi connectivity index (χ4v) is 1.47. The Labute approximate surface area is 112 Å². The normalized spacial score (nSPS) is 11.3. The fraction of sp³-hybridized carbons (Fsp3) is 0.286. The minimum absolute atomic E-state index is 0.160. The predicted octanol–water partition coefficient (Wildman–Crippen LogP) is 1.58. The molecule has 0 aliphatic carbocycles. The van der Waals surface area contributed by atoms with E-state index in [1.807, 2.05) is 0 Å². The third-order valence-electron chi connectivity index (χ3n) is 2.49. The Kier molecular flexibility index (Phi) is 5.60. The smallest absolute Gasteiger partial charge is 0.327 e. The topological polar surface area (TPSA) is 67.4 Å². The maximum absolute atomic E-state index is 11.6. The van der Waals surface area contributed by atoms with E-state index in [2.05, 4.69) is 21.9 Å². The number of amides is 1. The lowest BCUT2D eigenvalue weighted by Gasteiger charge is -2.13. The highest BCUT2D eigenvalue weighted by molar-refractivity contribution is 5.94. The van der Waals surface area contributed by atoms with Crippen molar-refractivity contribution in [2.24, 2.45) is 0 Å². The van der Waals surface area contributed by atoms with Crippen molar-refractivity contribution in [1.29, 1.82) is 0 Å². The van der Waals surface area contributed by atoms with Crippen molar-refractivity contribution in [2.75, 3.05) is 19.0 Å². The number of carbonyl (C=O) groups excluding carboxylic acids is 2. The van der Waals surface area contributed by atoms with Crippen LogP contribution in [-0.4, -0.2) is 31.6 Å². The number of esters is 1. The van der Waals surface area contributed by atoms with Gasteiger partial charge in [0.15, 0.2) is 0 Å². The Hall–Kier alpha value is -2.30. The van der Waals surface area contributed by atoms with E-state index in [1.54, 1.807) is 37.3 Å². The largest absolute Gasteiger partial charge is 0.467 e. The Morgan fingerprint density at radius 1 is 1.37 bits per heavy atom. The summed E-state index contributed by atoms with van der Waals surface area (Å²) in [5.74, 6) is -0.500. The molecule has 0 radical (unpaired) electrons. The van der Waals surface area contributed by atoms with Crippen molar-refractivity contribution in [3.63, 3.8) is 0 Å². The molecule has 102 valence electrons. The zero-order valence-electron chi connectivity index (χ0n) is 11.1. The van der Waals surface area contributed by atoms with Crippen LogP contribution in [0.3, 0.4) is 0 Å². The first-order valence-corrected chi connectivity index (χ1v) is 5.92. The number of benzene rings is 1. The van der Waals surface area contributed by atoms with E-state index in [-0.39, 0.29) is 11.9 Å². The van der Waals surface area contributed by atoms with Gasteiger partial charge in [0.25, 0.3) is 5.91 Å². The molecule has 1 atom stereocenters. The Bertz CT molecular complexity index is 454. The summed E-state index contributed by atoms with van der Waals surface area (Å²) in [6.07, 6.45) is 1.62. The van der Waals surface area contributed by atoms with E-state index in [0.717, 1.165) is 5.69 Å². The quantitative estimate of drug-likeness (QED) is 0.603. The number of rotatable bonds is 6. The second-order valence-electron chi connectivity index (χ2n) is 3.97. The maximum atomic E-state index is 11.6. The van der Waals surface area contributed by atoms with Crippen LogP contribution >= 0.6 is 0 Å². The SMILES string of the molecule is C=CCNC(=O)c1ccc(NC(C)C(=O)OC)cc1. The van der Waals surface area contributed by atoms with Gasteiger partial charge in [0.05, 0.1) is 7.11 Å². The Balaban J connectivity index is 2.63. The van der Waals surface area contributed by atoms with Crippen LogP contribution in [0.2, 0.25) is 0 Å². The van der Waals surface area contributed by atoms with Gasteiger partial charge in [-0.15, -0.1) is 6.58 Å². The van der Waals surface area contributed by atoms with Crippen LogP contribution < -0.4 is 10.6 Å². The molecule has 0 aromatic heterocycles. The summed E-state index contributed by atoms with van der Waals surface area (Å²) < 4.78 is 4.62. The molecule has 0 bridgehead atoms. The molecule has 1 unspecified atom stereocenters. The monoisotopic (exact) mass is 262 g/mol. The second kappa shape index (κ2) is 7.20. The van der Waals surface area contributed by atoms with Crippen molar-refractivity contribution in [3.05, 3.63) is 42.5 Å². The molecule has 5 nitrogen and oxygen atoms in total. The van der Waals surface area contributed by atoms with Crippen LogP contribution in [0.5, 0.6) is 0 Å². The molecular weight excluding hydrogens is 244 g/mol. The molecular formula is C14H18N2O3. The van der Waals surface area contributed by atoms with E-state index in [1.165, 1.54) is 7.11 Å². The molecule has 1 aromatic rings. The summed E-state index contributed by atoms with van der Waals surface area (Å²) in [5.41, 5.74) is 1.30. The van der Waals surface area contributed by atoms with Crippen LogP contribution in [-0.2, 0) is 9.53 Å². The van der Waals surface area contributed by atoms with Crippen molar-refractivity contribution < 1.29 is 14.3 Å². The summed E-state index contributed by atoms with van der Waals surface area (Å²) >= 11 is 0. The van der Waals surface area contributed by atoms with Crippen LogP contribution in [0, 0.1) is 0 Å². The van der Waals surface area contributed by atoms with Crippen LogP contribution in [0.15, 0.2) is 36.9 Å². The van der Waals surface area contributed by atoms with Gasteiger partial charge < -0.3 is 15.4 Å². The Morgan fingerprint density at radius 2 is 2.00 bits per heavy atom. The van der Waals surface area contributed by atoms with Crippen LogP contribution in [0.1, 0.15) is 17.3 Å². The third kappa shape index (κ3) is 4.46. The van der Waals surface area contributed by atoms with Crippen molar-refractivity contribution >= 4 is 17.6 Å². The van der Waals surface area contributed by atoms with E-state index in [4.69, 9.17) is 0 Å². The summed E-state index contributed by atoms with van der Waals surface area (Å²) in [6.45, 7) is 5.66. The number of anilines is 1. The number of ether oxygens (including phenoxy) is 1. The molecule has 1 amide bonds. The van der Waals surface area contributed by atoms with Gasteiger partial charge in [-0.2, -0.15) is 0 Å². The minimum atomic E-state index is -0.439. The maximum Gasteiger partial charge on any atom is 0.327 e. The van der Waals surface area contributed by atoms with Gasteiger partial charge in [0, 0.05) is 17.8 Å². The molecule has 0 saturated heterocycles. The Morgan fingerprint density at radius 3 is 2.53 bits per heavy atom. The van der Waals surface area contributed by atoms with E-state index in [0.29, 0.717) is 12.1 Å². The average molecular weight is 262 g/mol. The van der Waals surface area contributed by atoms with Gasteiger partial charge in [-0.1, -0.05) is 6.08 Å². The molecule has 0 heterocycles. The van der Waals surface area contributed by atoms with Gasteiger partial charge >= 0.3 is 5.97 Å². The molecule has 1 rings (SSSR count). The molecule has 0 saturated carbocycles. The molecule has 0 aliphatic rings. The summed E-state index contributed by atoms with van der Waals surface area (Å²) in [7, 11) is 1.34. The summed E-state index contributed by atoms with van der Waals surface area (Å²) in [6, 6.07) is 6.41. The molecule has 2 N–H and O–H groups in total. The second-order valence-corrected chi connectivity index (χ2v) is 3.97. The van der Waals surface area contributed by atoms with Crippen molar-refractivity contribution in [1.82, 2.24) is 5.32 Å². The molecule has 0 fully saturated rings. The third-order valence-corrected chi connectivity index (χ3v) is 2.49. The number of nitrogens with one attached hydrogen (secondary N) is 2. The zero-order valence-corrected chi connectivity index (χ0v) is 11.1. The lowest BCUT2D eigenvalue weighted by molar-refractivity contribution is -0.141. The molecule has 0 spiro atoms. The number of hydrogen-bond acceptors (Lipinski definition) is 4. The number of hydrogen-bond donors (Lipinski definition) is 2. The van der Waals surface area contributed by atoms with Crippen molar-refractivity contribution in [3.8, 4) is 0 Å². The van der Waals surface area contributed by atoms with Gasteiger partial charge in [0.2, 0.25) is 0 Å². The van der Waals surface area contributed by atoms with E-state index in [9.17, 15) is 9.59 Å². The highest BCUT2D eigenvalue weighted by Crippen LogP contribution is 2.11. The number of carbonyl (C=O) groups is 2. The van der Waals surface area contributed by atoms with E-state index >= 15 is 0 Å². The molecule has 1 aromatic carbocycles. The molecule has 19 heavy (non-hydrogen) atoms. The van der Waals surface area contributed by atoms with Crippen LogP contribution in [0.25, 0.3) is 0 Å².